The van der Waals surface area contributed by atoms with Gasteiger partial charge < -0.3 is 10.2 Å². The third-order valence-electron chi connectivity index (χ3n) is 3.09. The van der Waals surface area contributed by atoms with Gasteiger partial charge in [0.15, 0.2) is 0 Å². The molecule has 0 heterocycles. The molecule has 9 heteroatoms. The summed E-state index contributed by atoms with van der Waals surface area (Å²) < 4.78 is 0. The van der Waals surface area contributed by atoms with Crippen molar-refractivity contribution in [3.63, 3.8) is 0 Å². The third-order valence-corrected chi connectivity index (χ3v) is 4.45. The van der Waals surface area contributed by atoms with Gasteiger partial charge in [-0.15, -0.1) is 0 Å². The van der Waals surface area contributed by atoms with Gasteiger partial charge in [-0.2, -0.15) is 0 Å². The number of nitro benzene ring substituents is 1. The Bertz CT molecular complexity index is 825. The van der Waals surface area contributed by atoms with E-state index in [1.165, 1.54) is 17.0 Å². The van der Waals surface area contributed by atoms with Crippen molar-refractivity contribution in [3.8, 4) is 0 Å². The Kier molecular flexibility index (Phi) is 6.00. The van der Waals surface area contributed by atoms with Crippen LogP contribution in [0.5, 0.6) is 0 Å². The fraction of sp³-hybridized carbons (Fsp3) is 0.125. The highest BCUT2D eigenvalue weighted by molar-refractivity contribution is 8.13. The number of hydrogen-bond donors (Lipinski definition) is 1. The van der Waals surface area contributed by atoms with Crippen LogP contribution in [0.1, 0.15) is 10.4 Å². The van der Waals surface area contributed by atoms with Crippen LogP contribution < -0.4 is 5.32 Å². The molecule has 2 aromatic rings. The molecule has 25 heavy (non-hydrogen) atoms. The summed E-state index contributed by atoms with van der Waals surface area (Å²) in [7, 11) is 3.32. The maximum atomic E-state index is 12.2. The Hall–Kier alpha value is -2.58. The molecule has 0 fully saturated rings. The normalized spacial score (nSPS) is 10.2. The van der Waals surface area contributed by atoms with Crippen molar-refractivity contribution >= 4 is 45.9 Å². The summed E-state index contributed by atoms with van der Waals surface area (Å²) in [5, 5.41) is 13.4. The van der Waals surface area contributed by atoms with Crippen LogP contribution >= 0.6 is 23.4 Å². The molecule has 0 saturated carbocycles. The Balaban J connectivity index is 2.09. The lowest BCUT2D eigenvalue weighted by molar-refractivity contribution is -0.384. The first kappa shape index (κ1) is 18.8. The average molecular weight is 380 g/mol. The van der Waals surface area contributed by atoms with E-state index in [9.17, 15) is 19.7 Å². The van der Waals surface area contributed by atoms with E-state index in [-0.39, 0.29) is 21.5 Å². The molecular weight excluding hydrogens is 366 g/mol. The summed E-state index contributed by atoms with van der Waals surface area (Å²) in [4.78, 5) is 36.3. The molecule has 130 valence electrons. The van der Waals surface area contributed by atoms with Crippen molar-refractivity contribution in [1.29, 1.82) is 0 Å². The molecule has 0 aliphatic carbocycles. The summed E-state index contributed by atoms with van der Waals surface area (Å²) in [6.07, 6.45) is 0. The van der Waals surface area contributed by atoms with Gasteiger partial charge in [0.2, 0.25) is 0 Å². The van der Waals surface area contributed by atoms with Gasteiger partial charge in [-0.3, -0.25) is 19.7 Å². The minimum Gasteiger partial charge on any atom is -0.339 e. The number of nitro groups is 1. The Morgan fingerprint density at radius 1 is 1.16 bits per heavy atom. The van der Waals surface area contributed by atoms with Gasteiger partial charge in [0.25, 0.3) is 16.8 Å². The number of hydrogen-bond acceptors (Lipinski definition) is 5. The van der Waals surface area contributed by atoms with E-state index in [0.29, 0.717) is 5.69 Å². The van der Waals surface area contributed by atoms with E-state index in [4.69, 9.17) is 11.6 Å². The standard InChI is InChI=1S/C16H14ClN3O4S/c1-19(2)16(22)25-12-6-4-11(5-7-12)18-15(21)10-3-8-13(17)14(9-10)20(23)24/h3-9H,1-2H3,(H,18,21). The van der Waals surface area contributed by atoms with Gasteiger partial charge in [0, 0.05) is 36.3 Å². The minimum atomic E-state index is -0.646. The second-order valence-electron chi connectivity index (χ2n) is 5.16. The highest BCUT2D eigenvalue weighted by atomic mass is 35.5. The van der Waals surface area contributed by atoms with Crippen LogP contribution in [-0.2, 0) is 0 Å². The molecule has 0 aliphatic heterocycles. The van der Waals surface area contributed by atoms with Gasteiger partial charge >= 0.3 is 0 Å². The maximum absolute atomic E-state index is 12.2. The van der Waals surface area contributed by atoms with E-state index in [1.807, 2.05) is 0 Å². The molecule has 2 amide bonds. The lowest BCUT2D eigenvalue weighted by atomic mass is 10.2. The SMILES string of the molecule is CN(C)C(=O)Sc1ccc(NC(=O)c2ccc(Cl)c([N+](=O)[O-])c2)cc1. The number of nitrogens with zero attached hydrogens (tertiary/aromatic N) is 2. The number of carbonyl (C=O) groups excluding carboxylic acids is 2. The molecular formula is C16H14ClN3O4S. The molecule has 2 aromatic carbocycles. The summed E-state index contributed by atoms with van der Waals surface area (Å²) in [6, 6.07) is 10.5. The van der Waals surface area contributed by atoms with Gasteiger partial charge in [-0.05, 0) is 48.2 Å². The highest BCUT2D eigenvalue weighted by Crippen LogP contribution is 2.26. The number of nitrogens with one attached hydrogen (secondary N) is 1. The van der Waals surface area contributed by atoms with Crippen molar-refractivity contribution < 1.29 is 14.5 Å². The predicted molar refractivity (Wildman–Crippen MR) is 97.4 cm³/mol. The van der Waals surface area contributed by atoms with Crippen LogP contribution in [0.4, 0.5) is 16.2 Å². The lowest BCUT2D eigenvalue weighted by Gasteiger charge is -2.10. The second-order valence-corrected chi connectivity index (χ2v) is 6.60. The van der Waals surface area contributed by atoms with Crippen molar-refractivity contribution in [2.45, 2.75) is 4.90 Å². The number of amides is 2. The van der Waals surface area contributed by atoms with Crippen LogP contribution in [0.2, 0.25) is 5.02 Å². The molecule has 0 aromatic heterocycles. The smallest absolute Gasteiger partial charge is 0.288 e. The van der Waals surface area contributed by atoms with Crippen molar-refractivity contribution in [2.24, 2.45) is 0 Å². The summed E-state index contributed by atoms with van der Waals surface area (Å²) in [5.41, 5.74) is 0.296. The van der Waals surface area contributed by atoms with E-state index in [2.05, 4.69) is 5.32 Å². The first-order chi connectivity index (χ1) is 11.8. The fourth-order valence-corrected chi connectivity index (χ4v) is 2.64. The zero-order valence-corrected chi connectivity index (χ0v) is 14.9. The quantitative estimate of drug-likeness (QED) is 0.486. The van der Waals surface area contributed by atoms with Gasteiger partial charge in [0.05, 0.1) is 4.92 Å². The molecule has 0 unspecified atom stereocenters. The van der Waals surface area contributed by atoms with Crippen molar-refractivity contribution in [1.82, 2.24) is 4.90 Å². The predicted octanol–water partition coefficient (Wildman–Crippen LogP) is 4.27. The Morgan fingerprint density at radius 3 is 2.36 bits per heavy atom. The second kappa shape index (κ2) is 8.00. The molecule has 0 spiro atoms. The molecule has 2 rings (SSSR count). The number of rotatable bonds is 4. The summed E-state index contributed by atoms with van der Waals surface area (Å²) in [5.74, 6) is -0.496. The maximum Gasteiger partial charge on any atom is 0.288 e. The molecule has 0 radical (unpaired) electrons. The van der Waals surface area contributed by atoms with E-state index in [0.717, 1.165) is 22.7 Å². The molecule has 0 atom stereocenters. The molecule has 0 bridgehead atoms. The fourth-order valence-electron chi connectivity index (χ4n) is 1.80. The van der Waals surface area contributed by atoms with Gasteiger partial charge in [-0.1, -0.05) is 11.6 Å². The minimum absolute atomic E-state index is 0.0338. The molecule has 0 saturated heterocycles. The number of thioether (sulfide) groups is 1. The van der Waals surface area contributed by atoms with Crippen LogP contribution in [0.15, 0.2) is 47.4 Å². The van der Waals surface area contributed by atoms with Crippen LogP contribution in [-0.4, -0.2) is 35.1 Å². The van der Waals surface area contributed by atoms with Crippen LogP contribution in [0.25, 0.3) is 0 Å². The largest absolute Gasteiger partial charge is 0.339 e. The highest BCUT2D eigenvalue weighted by Gasteiger charge is 2.16. The topological polar surface area (TPSA) is 92.6 Å². The zero-order valence-electron chi connectivity index (χ0n) is 13.4. The first-order valence-corrected chi connectivity index (χ1v) is 8.22. The summed E-state index contributed by atoms with van der Waals surface area (Å²) >= 11 is 6.80. The summed E-state index contributed by atoms with van der Waals surface area (Å²) in [6.45, 7) is 0. The van der Waals surface area contributed by atoms with Crippen molar-refractivity contribution in [3.05, 3.63) is 63.2 Å². The molecule has 1 N–H and O–H groups in total. The number of anilines is 1. The first-order valence-electron chi connectivity index (χ1n) is 7.02. The van der Waals surface area contributed by atoms with Crippen molar-refractivity contribution in [2.75, 3.05) is 19.4 Å². The van der Waals surface area contributed by atoms with Gasteiger partial charge in [-0.25, -0.2) is 0 Å². The Labute approximate surface area is 153 Å². The monoisotopic (exact) mass is 379 g/mol. The number of benzene rings is 2. The molecule has 7 nitrogen and oxygen atoms in total. The zero-order chi connectivity index (χ0) is 18.6. The lowest BCUT2D eigenvalue weighted by Crippen LogP contribution is -2.16. The van der Waals surface area contributed by atoms with Crippen LogP contribution in [0.3, 0.4) is 0 Å². The Morgan fingerprint density at radius 2 is 1.80 bits per heavy atom. The van der Waals surface area contributed by atoms with Crippen LogP contribution in [0, 0.1) is 10.1 Å². The molecule has 0 aliphatic rings. The van der Waals surface area contributed by atoms with E-state index in [1.54, 1.807) is 38.4 Å². The third kappa shape index (κ3) is 4.94. The average Bonchev–Trinajstić information content (AvgIpc) is 2.56. The number of halogens is 1. The number of carbonyl (C=O) groups is 2. The van der Waals surface area contributed by atoms with Gasteiger partial charge in [0.1, 0.15) is 5.02 Å². The van der Waals surface area contributed by atoms with E-state index >= 15 is 0 Å². The van der Waals surface area contributed by atoms with E-state index < -0.39 is 10.8 Å².